The molecule has 0 heterocycles. The molecule has 0 unspecified atom stereocenters. The van der Waals surface area contributed by atoms with Crippen molar-refractivity contribution in [3.05, 3.63) is 72.8 Å². The fourth-order valence-corrected chi connectivity index (χ4v) is 11.8. The third kappa shape index (κ3) is 10.1. The molecule has 0 aliphatic rings. The molecule has 0 atom stereocenters. The molecule has 4 aromatic carbocycles. The van der Waals surface area contributed by atoms with Crippen molar-refractivity contribution in [2.75, 3.05) is 12.3 Å². The molecular formula is C32H44Cl2P2Ti-2. The Morgan fingerprint density at radius 1 is 0.676 bits per heavy atom. The molecular weight excluding hydrogens is 565 g/mol. The van der Waals surface area contributed by atoms with E-state index in [4.69, 9.17) is 18.6 Å². The number of halogens is 2. The van der Waals surface area contributed by atoms with Gasteiger partial charge in [-0.2, -0.15) is 12.1 Å². The minimum atomic E-state index is -0.556. The van der Waals surface area contributed by atoms with Crippen LogP contribution in [0, 0.1) is 0 Å². The van der Waals surface area contributed by atoms with E-state index < -0.39 is 17.0 Å². The van der Waals surface area contributed by atoms with Crippen molar-refractivity contribution < 1.29 is 17.0 Å². The van der Waals surface area contributed by atoms with E-state index in [1.807, 2.05) is 0 Å². The van der Waals surface area contributed by atoms with Crippen molar-refractivity contribution in [3.63, 3.8) is 0 Å². The molecule has 5 heteroatoms. The Balaban J connectivity index is 0.000000237. The molecule has 37 heavy (non-hydrogen) atoms. The quantitative estimate of drug-likeness (QED) is 0.116. The molecule has 0 spiro atoms. The van der Waals surface area contributed by atoms with Crippen molar-refractivity contribution in [1.29, 1.82) is 0 Å². The van der Waals surface area contributed by atoms with Crippen LogP contribution in [0.1, 0.15) is 68.2 Å². The summed E-state index contributed by atoms with van der Waals surface area (Å²) < 4.78 is 0. The predicted molar refractivity (Wildman–Crippen MR) is 174 cm³/mol. The Morgan fingerprint density at radius 3 is 1.43 bits per heavy atom. The van der Waals surface area contributed by atoms with Crippen LogP contribution in [0.2, 0.25) is 0 Å². The van der Waals surface area contributed by atoms with E-state index >= 15 is 0 Å². The topological polar surface area (TPSA) is 0 Å². The van der Waals surface area contributed by atoms with Crippen LogP contribution >= 0.6 is 34.5 Å². The van der Waals surface area contributed by atoms with Gasteiger partial charge in [0.15, 0.2) is 0 Å². The number of fused-ring (bicyclic) bond motifs is 2. The summed E-state index contributed by atoms with van der Waals surface area (Å²) in [6.07, 6.45) is 5.40. The SMILES string of the molecule is CC(C)(C)P(c1cc2ccccc2[cH-]1)C(C)(C)C.CCCP(CCC)c1cc2ccccc2[cH-]1.[Cl][Ti][Cl]. The summed E-state index contributed by atoms with van der Waals surface area (Å²) in [7, 11) is 9.69. The predicted octanol–water partition coefficient (Wildman–Crippen LogP) is 11.1. The molecule has 4 aromatic rings. The van der Waals surface area contributed by atoms with Crippen LogP contribution in [-0.4, -0.2) is 22.6 Å². The second kappa shape index (κ2) is 15.6. The number of hydrogen-bond donors (Lipinski definition) is 0. The molecule has 0 N–H and O–H groups in total. The van der Waals surface area contributed by atoms with Crippen LogP contribution in [0.4, 0.5) is 0 Å². The summed E-state index contributed by atoms with van der Waals surface area (Å²) in [5, 5.41) is 9.44. The zero-order valence-corrected chi connectivity index (χ0v) is 28.8. The molecule has 202 valence electrons. The summed E-state index contributed by atoms with van der Waals surface area (Å²) in [4.78, 5) is 0. The second-order valence-corrected chi connectivity index (χ2v) is 20.4. The van der Waals surface area contributed by atoms with E-state index in [-0.39, 0.29) is 15.8 Å². The van der Waals surface area contributed by atoms with E-state index in [0.717, 1.165) is 0 Å². The summed E-state index contributed by atoms with van der Waals surface area (Å²) in [5.74, 6) is 0. The Morgan fingerprint density at radius 2 is 1.05 bits per heavy atom. The van der Waals surface area contributed by atoms with Gasteiger partial charge in [0.25, 0.3) is 0 Å². The molecule has 0 fully saturated rings. The Labute approximate surface area is 245 Å². The maximum atomic E-state index is 4.89. The number of hydrogen-bond acceptors (Lipinski definition) is 0. The summed E-state index contributed by atoms with van der Waals surface area (Å²) in [6.45, 7) is 18.9. The van der Waals surface area contributed by atoms with Crippen LogP contribution in [0.3, 0.4) is 0 Å². The van der Waals surface area contributed by atoms with E-state index in [0.29, 0.717) is 10.3 Å². The fourth-order valence-electron chi connectivity index (χ4n) is 5.27. The van der Waals surface area contributed by atoms with Gasteiger partial charge in [-0.05, 0) is 22.6 Å². The fraction of sp³-hybridized carbons (Fsp3) is 0.438. The van der Waals surface area contributed by atoms with Crippen molar-refractivity contribution >= 4 is 66.6 Å². The van der Waals surface area contributed by atoms with Crippen LogP contribution in [0.25, 0.3) is 21.5 Å². The second-order valence-electron chi connectivity index (χ2n) is 11.4. The van der Waals surface area contributed by atoms with E-state index in [9.17, 15) is 0 Å². The van der Waals surface area contributed by atoms with Crippen molar-refractivity contribution in [2.24, 2.45) is 0 Å². The Kier molecular flexibility index (Phi) is 13.9. The normalized spacial score (nSPS) is 11.9. The molecule has 4 rings (SSSR count). The first-order chi connectivity index (χ1) is 17.5. The molecule has 0 aromatic heterocycles. The van der Waals surface area contributed by atoms with Crippen LogP contribution in [0.15, 0.2) is 72.8 Å². The van der Waals surface area contributed by atoms with Gasteiger partial charge in [0.2, 0.25) is 0 Å². The number of rotatable bonds is 6. The van der Waals surface area contributed by atoms with E-state index in [1.54, 1.807) is 10.6 Å². The average Bonchev–Trinajstić information content (AvgIpc) is 3.41. The van der Waals surface area contributed by atoms with Gasteiger partial charge in [-0.15, -0.1) is 80.7 Å². The Bertz CT molecular complexity index is 1110. The average molecular weight is 609 g/mol. The third-order valence-corrected chi connectivity index (χ3v) is 12.6. The first-order valence-electron chi connectivity index (χ1n) is 13.3. The summed E-state index contributed by atoms with van der Waals surface area (Å²) in [6, 6.07) is 27.0. The molecule has 0 aliphatic carbocycles. The molecule has 0 radical (unpaired) electrons. The molecule has 0 saturated heterocycles. The zero-order chi connectivity index (χ0) is 27.6. The van der Waals surface area contributed by atoms with Crippen molar-refractivity contribution in [1.82, 2.24) is 0 Å². The summed E-state index contributed by atoms with van der Waals surface area (Å²) in [5.41, 5.74) is 0. The zero-order valence-electron chi connectivity index (χ0n) is 23.9. The summed E-state index contributed by atoms with van der Waals surface area (Å²) >= 11 is -0.556. The molecule has 0 bridgehead atoms. The first kappa shape index (κ1) is 33.0. The van der Waals surface area contributed by atoms with E-state index in [2.05, 4.69) is 128 Å². The third-order valence-electron chi connectivity index (χ3n) is 6.16. The van der Waals surface area contributed by atoms with Gasteiger partial charge < -0.3 is 0 Å². The number of benzene rings is 2. The molecule has 0 nitrogen and oxygen atoms in total. The van der Waals surface area contributed by atoms with Gasteiger partial charge in [-0.3, -0.25) is 0 Å². The van der Waals surface area contributed by atoms with Crippen LogP contribution < -0.4 is 10.6 Å². The van der Waals surface area contributed by atoms with Gasteiger partial charge in [-0.1, -0.05) is 96.2 Å². The maximum absolute atomic E-state index is 4.89. The van der Waals surface area contributed by atoms with Crippen LogP contribution in [-0.2, 0) is 17.0 Å². The van der Waals surface area contributed by atoms with Crippen LogP contribution in [0.5, 0.6) is 0 Å². The monoisotopic (exact) mass is 608 g/mol. The molecule has 0 saturated carbocycles. The molecule has 0 aliphatic heterocycles. The van der Waals surface area contributed by atoms with Crippen molar-refractivity contribution in [2.45, 2.75) is 78.5 Å². The van der Waals surface area contributed by atoms with Gasteiger partial charge in [0.05, 0.1) is 0 Å². The standard InChI is InChI=1S/C17H24P.C15H20P.2ClH.Ti/c1-16(2,3)18(17(4,5)6)15-11-13-9-7-8-10-14(13)12-15;1-3-9-16(10-4-2)15-11-13-7-5-6-8-14(13)12-15;;;/h7-12H,1-6H3;5-8,11-12H,3-4,9-10H2,1-2H3;2*1H;/q2*-1;;;+2/p-2. The first-order valence-corrected chi connectivity index (χ1v) is 20.6. The van der Waals surface area contributed by atoms with Gasteiger partial charge >= 0.3 is 35.6 Å². The van der Waals surface area contributed by atoms with E-state index in [1.165, 1.54) is 46.7 Å². The Hall–Kier alpha value is -0.186. The van der Waals surface area contributed by atoms with Crippen molar-refractivity contribution in [3.8, 4) is 0 Å². The van der Waals surface area contributed by atoms with Gasteiger partial charge in [-0.25, -0.2) is 0 Å². The molecule has 0 amide bonds. The van der Waals surface area contributed by atoms with Gasteiger partial charge in [0.1, 0.15) is 0 Å². The minimum absolute atomic E-state index is 0.0972. The van der Waals surface area contributed by atoms with Gasteiger partial charge in [0, 0.05) is 0 Å².